The zero-order valence-electron chi connectivity index (χ0n) is 15.7. The van der Waals surface area contributed by atoms with E-state index < -0.39 is 29.2 Å². The Morgan fingerprint density at radius 1 is 1.11 bits per heavy atom. The molecule has 0 fully saturated rings. The zero-order chi connectivity index (χ0) is 20.4. The highest BCUT2D eigenvalue weighted by molar-refractivity contribution is 5.96. The van der Waals surface area contributed by atoms with Gasteiger partial charge < -0.3 is 9.88 Å². The number of imidazole rings is 1. The predicted molar refractivity (Wildman–Crippen MR) is 102 cm³/mol. The van der Waals surface area contributed by atoms with Crippen LogP contribution in [-0.4, -0.2) is 30.6 Å². The lowest BCUT2D eigenvalue weighted by atomic mass is 10.2. The highest BCUT2D eigenvalue weighted by atomic mass is 16.2. The number of rotatable bonds is 4. The van der Waals surface area contributed by atoms with Crippen molar-refractivity contribution in [3.63, 3.8) is 0 Å². The first kappa shape index (κ1) is 19.1. The number of aromatic nitrogens is 4. The number of benzene rings is 1. The van der Waals surface area contributed by atoms with Crippen molar-refractivity contribution in [2.45, 2.75) is 19.5 Å². The molecule has 10 nitrogen and oxygen atoms in total. The highest BCUT2D eigenvalue weighted by Gasteiger charge is 2.23. The number of nitrogens with zero attached hydrogens (tertiary/aromatic N) is 4. The average Bonchev–Trinajstić information content (AvgIpc) is 3.14. The average molecular weight is 384 g/mol. The molecule has 0 radical (unpaired) electrons. The lowest BCUT2D eigenvalue weighted by molar-refractivity contribution is -0.122. The molecule has 0 saturated carbocycles. The quantitative estimate of drug-likeness (QED) is 0.657. The Kier molecular flexibility index (Phi) is 5.12. The van der Waals surface area contributed by atoms with E-state index in [9.17, 15) is 19.2 Å². The van der Waals surface area contributed by atoms with Gasteiger partial charge in [0.15, 0.2) is 11.2 Å². The van der Waals surface area contributed by atoms with Crippen LogP contribution < -0.4 is 21.9 Å². The Balaban J connectivity index is 1.77. The van der Waals surface area contributed by atoms with Crippen molar-refractivity contribution in [2.75, 3.05) is 0 Å². The first-order valence-electron chi connectivity index (χ1n) is 8.56. The van der Waals surface area contributed by atoms with E-state index in [0.717, 1.165) is 10.1 Å². The first-order valence-corrected chi connectivity index (χ1v) is 8.56. The molecule has 0 aliphatic rings. The van der Waals surface area contributed by atoms with Crippen molar-refractivity contribution in [2.24, 2.45) is 14.1 Å². The van der Waals surface area contributed by atoms with Crippen LogP contribution in [0.15, 0.2) is 46.2 Å². The van der Waals surface area contributed by atoms with Gasteiger partial charge in [-0.3, -0.25) is 24.0 Å². The van der Waals surface area contributed by atoms with Gasteiger partial charge in [-0.25, -0.2) is 14.6 Å². The number of carbonyl (C=O) groups excluding carboxylic acids is 2. The maximum absolute atomic E-state index is 12.5. The molecule has 146 valence electrons. The van der Waals surface area contributed by atoms with Gasteiger partial charge >= 0.3 is 11.7 Å². The molecule has 3 aromatic rings. The van der Waals surface area contributed by atoms with E-state index in [4.69, 9.17) is 0 Å². The molecule has 3 amide bonds. The summed E-state index contributed by atoms with van der Waals surface area (Å²) in [6, 6.07) is 7.72. The molecule has 0 saturated heterocycles. The molecule has 28 heavy (non-hydrogen) atoms. The summed E-state index contributed by atoms with van der Waals surface area (Å²) in [5.74, 6) is -0.610. The second-order valence-corrected chi connectivity index (χ2v) is 6.36. The van der Waals surface area contributed by atoms with Gasteiger partial charge in [-0.05, 0) is 12.5 Å². The van der Waals surface area contributed by atoms with Crippen molar-refractivity contribution >= 4 is 23.1 Å². The maximum atomic E-state index is 12.5. The second-order valence-electron chi connectivity index (χ2n) is 6.36. The molecule has 2 N–H and O–H groups in total. The minimum absolute atomic E-state index is 0.108. The monoisotopic (exact) mass is 384 g/mol. The summed E-state index contributed by atoms with van der Waals surface area (Å²) >= 11 is 0. The van der Waals surface area contributed by atoms with Crippen molar-refractivity contribution in [3.05, 3.63) is 63.1 Å². The number of aryl methyl sites for hydroxylation is 1. The number of urea groups is 1. The van der Waals surface area contributed by atoms with Crippen molar-refractivity contribution in [1.29, 1.82) is 0 Å². The van der Waals surface area contributed by atoms with E-state index in [1.54, 1.807) is 0 Å². The van der Waals surface area contributed by atoms with Gasteiger partial charge in [0.2, 0.25) is 0 Å². The molecule has 2 heterocycles. The third-order valence-electron chi connectivity index (χ3n) is 4.50. The number of nitrogens with one attached hydrogen (secondary N) is 2. The van der Waals surface area contributed by atoms with Crippen LogP contribution in [0.4, 0.5) is 4.79 Å². The van der Waals surface area contributed by atoms with E-state index in [1.807, 2.05) is 30.3 Å². The van der Waals surface area contributed by atoms with Gasteiger partial charge in [-0.15, -0.1) is 0 Å². The molecule has 10 heteroatoms. The largest absolute Gasteiger partial charge is 0.334 e. The number of carbonyl (C=O) groups is 2. The van der Waals surface area contributed by atoms with Crippen LogP contribution >= 0.6 is 0 Å². The van der Waals surface area contributed by atoms with Crippen LogP contribution in [0.25, 0.3) is 11.2 Å². The number of hydrogen-bond donors (Lipinski definition) is 2. The molecule has 0 bridgehead atoms. The van der Waals surface area contributed by atoms with Gasteiger partial charge in [0.25, 0.3) is 11.5 Å². The smallest absolute Gasteiger partial charge is 0.332 e. The van der Waals surface area contributed by atoms with Gasteiger partial charge in [-0.2, -0.15) is 0 Å². The molecule has 1 unspecified atom stereocenters. The van der Waals surface area contributed by atoms with Crippen molar-refractivity contribution < 1.29 is 9.59 Å². The minimum atomic E-state index is -0.891. The van der Waals surface area contributed by atoms with Crippen molar-refractivity contribution in [3.8, 4) is 0 Å². The van der Waals surface area contributed by atoms with Crippen LogP contribution in [0.5, 0.6) is 0 Å². The van der Waals surface area contributed by atoms with Crippen LogP contribution in [-0.2, 0) is 25.4 Å². The Labute approximate surface area is 159 Å². The summed E-state index contributed by atoms with van der Waals surface area (Å²) in [6.07, 6.45) is 1.30. The van der Waals surface area contributed by atoms with Crippen LogP contribution in [0.3, 0.4) is 0 Å². The predicted octanol–water partition coefficient (Wildman–Crippen LogP) is 0.0207. The number of imide groups is 1. The van der Waals surface area contributed by atoms with Gasteiger partial charge in [0, 0.05) is 20.6 Å². The summed E-state index contributed by atoms with van der Waals surface area (Å²) in [6.45, 7) is 1.80. The topological polar surface area (TPSA) is 120 Å². The Bertz CT molecular complexity index is 1160. The van der Waals surface area contributed by atoms with Crippen molar-refractivity contribution in [1.82, 2.24) is 29.3 Å². The van der Waals surface area contributed by atoms with Gasteiger partial charge in [0.05, 0.1) is 6.33 Å². The fraction of sp³-hybridized carbons (Fsp3) is 0.278. The third kappa shape index (κ3) is 3.43. The summed E-state index contributed by atoms with van der Waals surface area (Å²) in [5, 5.41) is 4.85. The fourth-order valence-electron chi connectivity index (χ4n) is 2.82. The lowest BCUT2D eigenvalue weighted by Gasteiger charge is -2.14. The van der Waals surface area contributed by atoms with E-state index in [-0.39, 0.29) is 17.7 Å². The highest BCUT2D eigenvalue weighted by Crippen LogP contribution is 2.13. The maximum Gasteiger partial charge on any atom is 0.332 e. The van der Waals surface area contributed by atoms with Crippen LogP contribution in [0.1, 0.15) is 18.5 Å². The fourth-order valence-corrected chi connectivity index (χ4v) is 2.82. The summed E-state index contributed by atoms with van der Waals surface area (Å²) in [7, 11) is 2.84. The summed E-state index contributed by atoms with van der Waals surface area (Å²) < 4.78 is 3.51. The zero-order valence-corrected chi connectivity index (χ0v) is 15.7. The number of amides is 3. The molecular weight excluding hydrogens is 364 g/mol. The Morgan fingerprint density at radius 3 is 2.46 bits per heavy atom. The molecule has 1 aromatic carbocycles. The lowest BCUT2D eigenvalue weighted by Crippen LogP contribution is -2.42. The number of hydrogen-bond acceptors (Lipinski definition) is 5. The Hall–Kier alpha value is -3.69. The SMILES string of the molecule is CC(C(=O)NC(=O)NCc1ccccc1)n1cnc2c1c(=O)n(C)c(=O)n2C. The van der Waals surface area contributed by atoms with Crippen LogP contribution in [0.2, 0.25) is 0 Å². The standard InChI is InChI=1S/C18H20N6O4/c1-11(15(25)21-17(27)19-9-12-7-5-4-6-8-12)24-10-20-14-13(24)16(26)23(3)18(28)22(14)2/h4-8,10-11H,9H2,1-3H3,(H2,19,21,25,27). The molecule has 0 aliphatic heterocycles. The third-order valence-corrected chi connectivity index (χ3v) is 4.50. The van der Waals surface area contributed by atoms with Gasteiger partial charge in [-0.1, -0.05) is 30.3 Å². The van der Waals surface area contributed by atoms with Crippen LogP contribution in [0, 0.1) is 0 Å². The molecule has 0 aliphatic carbocycles. The molecule has 0 spiro atoms. The summed E-state index contributed by atoms with van der Waals surface area (Å²) in [4.78, 5) is 53.0. The van der Waals surface area contributed by atoms with E-state index >= 15 is 0 Å². The first-order chi connectivity index (χ1) is 13.3. The molecule has 2 aromatic heterocycles. The van der Waals surface area contributed by atoms with E-state index in [0.29, 0.717) is 0 Å². The Morgan fingerprint density at radius 2 is 1.79 bits per heavy atom. The summed E-state index contributed by atoms with van der Waals surface area (Å²) in [5.41, 5.74) is 0.0883. The molecular formula is C18H20N6O4. The van der Waals surface area contributed by atoms with E-state index in [2.05, 4.69) is 15.6 Å². The molecule has 3 rings (SSSR count). The molecule has 1 atom stereocenters. The normalized spacial score (nSPS) is 12.0. The second kappa shape index (κ2) is 7.51. The number of fused-ring (bicyclic) bond motifs is 1. The van der Waals surface area contributed by atoms with Gasteiger partial charge in [0.1, 0.15) is 6.04 Å². The van der Waals surface area contributed by atoms with E-state index in [1.165, 1.54) is 36.5 Å². The minimum Gasteiger partial charge on any atom is -0.334 e.